The highest BCUT2D eigenvalue weighted by Crippen LogP contribution is 2.32. The largest absolute Gasteiger partial charge is 0.436 e. The molecule has 0 unspecified atom stereocenters. The Bertz CT molecular complexity index is 926. The van der Waals surface area contributed by atoms with E-state index in [1.165, 1.54) is 0 Å². The van der Waals surface area contributed by atoms with Crippen LogP contribution in [0.25, 0.3) is 15.9 Å². The van der Waals surface area contributed by atoms with E-state index in [0.29, 0.717) is 11.2 Å². The number of halogens is 1. The van der Waals surface area contributed by atoms with Crippen LogP contribution in [-0.4, -0.2) is 14.4 Å². The molecule has 6 heteroatoms. The number of thiazole rings is 1. The van der Waals surface area contributed by atoms with Gasteiger partial charge >= 0.3 is 0 Å². The third-order valence-electron chi connectivity index (χ3n) is 3.26. The van der Waals surface area contributed by atoms with E-state index < -0.39 is 0 Å². The molecule has 0 amide bonds. The minimum Gasteiger partial charge on any atom is -0.436 e. The first-order valence-corrected chi connectivity index (χ1v) is 8.39. The van der Waals surface area contributed by atoms with Gasteiger partial charge < -0.3 is 4.74 Å². The van der Waals surface area contributed by atoms with Crippen molar-refractivity contribution in [3.63, 3.8) is 0 Å². The topological polar surface area (TPSA) is 39.4 Å². The van der Waals surface area contributed by atoms with Crippen LogP contribution in [0.5, 0.6) is 11.6 Å². The van der Waals surface area contributed by atoms with Crippen LogP contribution in [0.4, 0.5) is 0 Å². The lowest BCUT2D eigenvalue weighted by atomic mass is 10.2. The van der Waals surface area contributed by atoms with Gasteiger partial charge in [-0.1, -0.05) is 22.0 Å². The van der Waals surface area contributed by atoms with Crippen LogP contribution in [-0.2, 0) is 5.33 Å². The summed E-state index contributed by atoms with van der Waals surface area (Å²) in [6, 6.07) is 9.77. The molecule has 0 aliphatic rings. The van der Waals surface area contributed by atoms with E-state index in [1.807, 2.05) is 46.3 Å². The number of hydrogen-bond donors (Lipinski definition) is 0. The monoisotopic (exact) mass is 359 g/mol. The van der Waals surface area contributed by atoms with Crippen LogP contribution in [0.15, 0.2) is 48.1 Å². The Morgan fingerprint density at radius 2 is 2.19 bits per heavy atom. The molecule has 3 heterocycles. The van der Waals surface area contributed by atoms with E-state index in [2.05, 4.69) is 25.9 Å². The summed E-state index contributed by atoms with van der Waals surface area (Å²) in [6.07, 6.45) is 3.78. The quantitative estimate of drug-likeness (QED) is 0.500. The van der Waals surface area contributed by atoms with Crippen LogP contribution in [0, 0.1) is 0 Å². The molecule has 1 aromatic carbocycles. The Morgan fingerprint density at radius 1 is 1.24 bits per heavy atom. The SMILES string of the molecule is BrCc1c(Oc2cccc3ncccc23)nc2sccn12. The van der Waals surface area contributed by atoms with Gasteiger partial charge in [0, 0.05) is 28.5 Å². The van der Waals surface area contributed by atoms with Crippen molar-refractivity contribution in [3.05, 3.63) is 53.8 Å². The van der Waals surface area contributed by atoms with E-state index in [-0.39, 0.29) is 0 Å². The lowest BCUT2D eigenvalue weighted by Crippen LogP contribution is -1.92. The highest BCUT2D eigenvalue weighted by molar-refractivity contribution is 9.08. The number of fused-ring (bicyclic) bond motifs is 2. The Kier molecular flexibility index (Phi) is 3.12. The van der Waals surface area contributed by atoms with E-state index in [0.717, 1.165) is 27.3 Å². The van der Waals surface area contributed by atoms with Crippen molar-refractivity contribution in [1.29, 1.82) is 0 Å². The molecule has 0 atom stereocenters. The molecular weight excluding hydrogens is 350 g/mol. The first-order chi connectivity index (χ1) is 10.4. The molecule has 4 rings (SSSR count). The predicted octanol–water partition coefficient (Wildman–Crippen LogP) is 4.63. The first kappa shape index (κ1) is 12.8. The minimum absolute atomic E-state index is 0.634. The fourth-order valence-corrected chi connectivity index (χ4v) is 3.52. The number of aromatic nitrogens is 3. The number of alkyl halides is 1. The van der Waals surface area contributed by atoms with Gasteiger partial charge in [-0.25, -0.2) is 0 Å². The van der Waals surface area contributed by atoms with Crippen molar-refractivity contribution in [2.24, 2.45) is 0 Å². The van der Waals surface area contributed by atoms with Gasteiger partial charge in [-0.3, -0.25) is 9.38 Å². The molecule has 3 aromatic heterocycles. The van der Waals surface area contributed by atoms with Gasteiger partial charge in [0.05, 0.1) is 11.2 Å². The number of nitrogens with zero attached hydrogens (tertiary/aromatic N) is 3. The summed E-state index contributed by atoms with van der Waals surface area (Å²) in [4.78, 5) is 9.83. The van der Waals surface area contributed by atoms with Crippen LogP contribution in [0.3, 0.4) is 0 Å². The number of imidazole rings is 1. The summed E-state index contributed by atoms with van der Waals surface area (Å²) < 4.78 is 8.10. The summed E-state index contributed by atoms with van der Waals surface area (Å²) in [5, 5.41) is 3.68. The zero-order valence-corrected chi connectivity index (χ0v) is 13.3. The Labute approximate surface area is 133 Å². The molecular formula is C15H10BrN3OS. The molecule has 0 radical (unpaired) electrons. The van der Waals surface area contributed by atoms with Crippen molar-refractivity contribution < 1.29 is 4.74 Å². The number of ether oxygens (including phenoxy) is 1. The summed E-state index contributed by atoms with van der Waals surface area (Å²) in [7, 11) is 0. The number of rotatable bonds is 3. The van der Waals surface area contributed by atoms with Gasteiger partial charge in [0.15, 0.2) is 4.96 Å². The third kappa shape index (κ3) is 2.11. The molecule has 21 heavy (non-hydrogen) atoms. The molecule has 4 aromatic rings. The minimum atomic E-state index is 0.634. The molecule has 0 saturated carbocycles. The first-order valence-electron chi connectivity index (χ1n) is 6.39. The highest BCUT2D eigenvalue weighted by atomic mass is 79.9. The number of pyridine rings is 1. The molecule has 0 spiro atoms. The number of hydrogen-bond acceptors (Lipinski definition) is 4. The van der Waals surface area contributed by atoms with Crippen molar-refractivity contribution in [2.45, 2.75) is 5.33 Å². The maximum Gasteiger partial charge on any atom is 0.243 e. The lowest BCUT2D eigenvalue weighted by molar-refractivity contribution is 0.467. The maximum absolute atomic E-state index is 6.06. The van der Waals surface area contributed by atoms with E-state index in [9.17, 15) is 0 Å². The highest BCUT2D eigenvalue weighted by Gasteiger charge is 2.15. The second-order valence-corrected chi connectivity index (χ2v) is 5.91. The van der Waals surface area contributed by atoms with Crippen molar-refractivity contribution in [1.82, 2.24) is 14.4 Å². The average molecular weight is 360 g/mol. The molecule has 0 bridgehead atoms. The summed E-state index contributed by atoms with van der Waals surface area (Å²) in [6.45, 7) is 0. The van der Waals surface area contributed by atoms with Crippen LogP contribution >= 0.6 is 27.3 Å². The molecule has 0 aliphatic carbocycles. The van der Waals surface area contributed by atoms with Crippen molar-refractivity contribution in [2.75, 3.05) is 0 Å². The molecule has 104 valence electrons. The average Bonchev–Trinajstić information content (AvgIpc) is 3.08. The molecule has 0 saturated heterocycles. The normalized spacial score (nSPS) is 11.3. The van der Waals surface area contributed by atoms with Gasteiger partial charge in [0.2, 0.25) is 5.88 Å². The van der Waals surface area contributed by atoms with Gasteiger partial charge in [0.1, 0.15) is 5.75 Å². The van der Waals surface area contributed by atoms with Crippen LogP contribution in [0.1, 0.15) is 5.69 Å². The smallest absolute Gasteiger partial charge is 0.243 e. The third-order valence-corrected chi connectivity index (χ3v) is 4.55. The van der Waals surface area contributed by atoms with Crippen LogP contribution < -0.4 is 4.74 Å². The second-order valence-electron chi connectivity index (χ2n) is 4.48. The molecule has 0 fully saturated rings. The zero-order valence-electron chi connectivity index (χ0n) is 10.9. The summed E-state index contributed by atoms with van der Waals surface area (Å²) in [5.74, 6) is 1.41. The van der Waals surface area contributed by atoms with E-state index in [4.69, 9.17) is 4.74 Å². The second kappa shape index (κ2) is 5.13. The Morgan fingerprint density at radius 3 is 3.10 bits per heavy atom. The maximum atomic E-state index is 6.06. The fraction of sp³-hybridized carbons (Fsp3) is 0.0667. The van der Waals surface area contributed by atoms with Gasteiger partial charge in [-0.2, -0.15) is 4.98 Å². The van der Waals surface area contributed by atoms with Gasteiger partial charge in [-0.05, 0) is 24.3 Å². The number of benzene rings is 1. The van der Waals surface area contributed by atoms with Gasteiger partial charge in [-0.15, -0.1) is 11.3 Å². The lowest BCUT2D eigenvalue weighted by Gasteiger charge is -2.07. The molecule has 4 nitrogen and oxygen atoms in total. The summed E-state index contributed by atoms with van der Waals surface area (Å²) >= 11 is 5.10. The fourth-order valence-electron chi connectivity index (χ4n) is 2.28. The molecule has 0 N–H and O–H groups in total. The van der Waals surface area contributed by atoms with Gasteiger partial charge in [0.25, 0.3) is 0 Å². The van der Waals surface area contributed by atoms with Crippen molar-refractivity contribution >= 4 is 43.1 Å². The summed E-state index contributed by atoms with van der Waals surface area (Å²) in [5.41, 5.74) is 1.92. The predicted molar refractivity (Wildman–Crippen MR) is 87.5 cm³/mol. The Hall–Kier alpha value is -1.92. The van der Waals surface area contributed by atoms with Crippen LogP contribution in [0.2, 0.25) is 0 Å². The van der Waals surface area contributed by atoms with Crippen molar-refractivity contribution in [3.8, 4) is 11.6 Å². The standard InChI is InChI=1S/C15H10BrN3OS/c16-9-12-14(18-15-19(12)7-8-21-15)20-13-5-1-4-11-10(13)3-2-6-17-11/h1-8H,9H2. The Balaban J connectivity index is 1.84. The van der Waals surface area contributed by atoms with E-state index >= 15 is 0 Å². The zero-order chi connectivity index (χ0) is 14.2. The molecule has 0 aliphatic heterocycles. The van der Waals surface area contributed by atoms with E-state index in [1.54, 1.807) is 17.5 Å².